The molecule has 5 heteroatoms. The quantitative estimate of drug-likeness (QED) is 0.833. The summed E-state index contributed by atoms with van der Waals surface area (Å²) in [6.45, 7) is 1.98. The molecule has 3 rings (SSSR count). The molecule has 0 saturated carbocycles. The molecule has 0 aliphatic carbocycles. The second kappa shape index (κ2) is 6.07. The average Bonchev–Trinajstić information content (AvgIpc) is 2.81. The lowest BCUT2D eigenvalue weighted by atomic mass is 10.2. The Morgan fingerprint density at radius 3 is 2.77 bits per heavy atom. The van der Waals surface area contributed by atoms with Crippen molar-refractivity contribution < 1.29 is 9.90 Å². The first kappa shape index (κ1) is 14.4. The molecule has 0 aromatic heterocycles. The van der Waals surface area contributed by atoms with Crippen LogP contribution in [-0.4, -0.2) is 16.2 Å². The minimum atomic E-state index is -0.180. The maximum absolute atomic E-state index is 12.0. The smallest absolute Gasteiger partial charge is 0.264 e. The Balaban J connectivity index is 1.86. The third-order valence-electron chi connectivity index (χ3n) is 3.16. The number of carbonyl (C=O) groups excluding carboxylic acids is 1. The molecule has 1 fully saturated rings. The van der Waals surface area contributed by atoms with Crippen LogP contribution in [0.1, 0.15) is 11.1 Å². The molecule has 22 heavy (non-hydrogen) atoms. The van der Waals surface area contributed by atoms with Gasteiger partial charge >= 0.3 is 0 Å². The van der Waals surface area contributed by atoms with Gasteiger partial charge in [-0.05, 0) is 54.1 Å². The molecule has 2 N–H and O–H groups in total. The number of nitrogens with one attached hydrogen (secondary N) is 1. The fourth-order valence-corrected chi connectivity index (χ4v) is 2.88. The number of rotatable bonds is 2. The van der Waals surface area contributed by atoms with Gasteiger partial charge in [0.05, 0.1) is 10.6 Å². The highest BCUT2D eigenvalue weighted by Gasteiger charge is 2.23. The SMILES string of the molecule is Cc1ccccc1N=C1NC(=O)/C(=C\c2cccc(O)c2)S1. The summed E-state index contributed by atoms with van der Waals surface area (Å²) < 4.78 is 0. The summed E-state index contributed by atoms with van der Waals surface area (Å²) in [5, 5.41) is 12.8. The van der Waals surface area contributed by atoms with Crippen LogP contribution in [0.3, 0.4) is 0 Å². The summed E-state index contributed by atoms with van der Waals surface area (Å²) in [6, 6.07) is 14.5. The molecule has 1 aliphatic rings. The van der Waals surface area contributed by atoms with Gasteiger partial charge in [0.2, 0.25) is 0 Å². The van der Waals surface area contributed by atoms with Gasteiger partial charge in [0.15, 0.2) is 5.17 Å². The Kier molecular flexibility index (Phi) is 3.98. The van der Waals surface area contributed by atoms with Gasteiger partial charge in [-0.1, -0.05) is 30.3 Å². The summed E-state index contributed by atoms with van der Waals surface area (Å²) in [5.41, 5.74) is 2.66. The first-order valence-corrected chi connectivity index (χ1v) is 7.58. The van der Waals surface area contributed by atoms with Crippen LogP contribution in [0.25, 0.3) is 6.08 Å². The Hall–Kier alpha value is -2.53. The topological polar surface area (TPSA) is 61.7 Å². The number of aliphatic imine (C=N–C) groups is 1. The predicted molar refractivity (Wildman–Crippen MR) is 90.1 cm³/mol. The number of thioether (sulfide) groups is 1. The van der Waals surface area contributed by atoms with E-state index in [0.717, 1.165) is 16.8 Å². The van der Waals surface area contributed by atoms with E-state index in [1.54, 1.807) is 24.3 Å². The number of para-hydroxylation sites is 1. The number of nitrogens with zero attached hydrogens (tertiary/aromatic N) is 1. The van der Waals surface area contributed by atoms with E-state index in [1.165, 1.54) is 11.8 Å². The van der Waals surface area contributed by atoms with Gasteiger partial charge in [-0.15, -0.1) is 0 Å². The van der Waals surface area contributed by atoms with Crippen molar-refractivity contribution in [1.82, 2.24) is 5.32 Å². The van der Waals surface area contributed by atoms with Crippen LogP contribution < -0.4 is 5.32 Å². The Bertz CT molecular complexity index is 797. The molecular formula is C17H14N2O2S. The number of amides is 1. The van der Waals surface area contributed by atoms with Crippen LogP contribution in [-0.2, 0) is 4.79 Å². The van der Waals surface area contributed by atoms with E-state index in [-0.39, 0.29) is 11.7 Å². The fraction of sp³-hybridized carbons (Fsp3) is 0.0588. The Morgan fingerprint density at radius 2 is 2.00 bits per heavy atom. The normalized spacial score (nSPS) is 18.0. The lowest BCUT2D eigenvalue weighted by molar-refractivity contribution is -0.115. The second-order valence-corrected chi connectivity index (χ2v) is 5.89. The van der Waals surface area contributed by atoms with Crippen molar-refractivity contribution in [3.63, 3.8) is 0 Å². The summed E-state index contributed by atoms with van der Waals surface area (Å²) in [4.78, 5) is 17.0. The third kappa shape index (κ3) is 3.20. The number of phenolic OH excluding ortho intramolecular Hbond substituents is 1. The van der Waals surface area contributed by atoms with Crippen LogP contribution in [0.2, 0.25) is 0 Å². The molecule has 110 valence electrons. The van der Waals surface area contributed by atoms with E-state index in [4.69, 9.17) is 0 Å². The zero-order chi connectivity index (χ0) is 15.5. The summed E-state index contributed by atoms with van der Waals surface area (Å²) in [5.74, 6) is -0.00719. The molecule has 1 aliphatic heterocycles. The number of benzene rings is 2. The van der Waals surface area contributed by atoms with E-state index in [0.29, 0.717) is 10.1 Å². The molecule has 1 amide bonds. The summed E-state index contributed by atoms with van der Waals surface area (Å²) in [7, 11) is 0. The second-order valence-electron chi connectivity index (χ2n) is 4.86. The molecule has 0 atom stereocenters. The number of aromatic hydroxyl groups is 1. The van der Waals surface area contributed by atoms with Crippen LogP contribution >= 0.6 is 11.8 Å². The van der Waals surface area contributed by atoms with Crippen LogP contribution in [0.5, 0.6) is 5.75 Å². The van der Waals surface area contributed by atoms with Crippen LogP contribution in [0, 0.1) is 6.92 Å². The molecule has 1 heterocycles. The maximum Gasteiger partial charge on any atom is 0.264 e. The maximum atomic E-state index is 12.0. The molecular weight excluding hydrogens is 296 g/mol. The average molecular weight is 310 g/mol. The van der Waals surface area contributed by atoms with Gasteiger partial charge in [-0.3, -0.25) is 4.79 Å². The fourth-order valence-electron chi connectivity index (χ4n) is 2.04. The number of phenols is 1. The number of hydrogen-bond acceptors (Lipinski definition) is 4. The highest BCUT2D eigenvalue weighted by molar-refractivity contribution is 8.18. The zero-order valence-electron chi connectivity index (χ0n) is 11.9. The van der Waals surface area contributed by atoms with Gasteiger partial charge in [0, 0.05) is 0 Å². The van der Waals surface area contributed by atoms with Crippen molar-refractivity contribution in [3.8, 4) is 5.75 Å². The van der Waals surface area contributed by atoms with Crippen LogP contribution in [0.15, 0.2) is 58.4 Å². The predicted octanol–water partition coefficient (Wildman–Crippen LogP) is 3.59. The first-order chi connectivity index (χ1) is 10.6. The zero-order valence-corrected chi connectivity index (χ0v) is 12.7. The monoisotopic (exact) mass is 310 g/mol. The summed E-state index contributed by atoms with van der Waals surface area (Å²) >= 11 is 1.29. The van der Waals surface area contributed by atoms with Crippen molar-refractivity contribution in [2.24, 2.45) is 4.99 Å². The van der Waals surface area contributed by atoms with E-state index in [2.05, 4.69) is 10.3 Å². The minimum absolute atomic E-state index is 0.173. The molecule has 2 aromatic carbocycles. The number of amidine groups is 1. The number of hydrogen-bond donors (Lipinski definition) is 2. The van der Waals surface area contributed by atoms with Gasteiger partial charge in [-0.2, -0.15) is 0 Å². The van der Waals surface area contributed by atoms with E-state index >= 15 is 0 Å². The Morgan fingerprint density at radius 1 is 1.18 bits per heavy atom. The number of aryl methyl sites for hydroxylation is 1. The van der Waals surface area contributed by atoms with Crippen molar-refractivity contribution >= 4 is 34.6 Å². The lowest BCUT2D eigenvalue weighted by Gasteiger charge is -1.99. The molecule has 4 nitrogen and oxygen atoms in total. The van der Waals surface area contributed by atoms with Gasteiger partial charge in [-0.25, -0.2) is 4.99 Å². The van der Waals surface area contributed by atoms with Crippen LogP contribution in [0.4, 0.5) is 5.69 Å². The molecule has 1 saturated heterocycles. The molecule has 0 spiro atoms. The van der Waals surface area contributed by atoms with Crippen molar-refractivity contribution in [2.75, 3.05) is 0 Å². The van der Waals surface area contributed by atoms with Crippen molar-refractivity contribution in [2.45, 2.75) is 6.92 Å². The van der Waals surface area contributed by atoms with E-state index in [1.807, 2.05) is 37.3 Å². The minimum Gasteiger partial charge on any atom is -0.508 e. The lowest BCUT2D eigenvalue weighted by Crippen LogP contribution is -2.19. The molecule has 0 bridgehead atoms. The van der Waals surface area contributed by atoms with E-state index < -0.39 is 0 Å². The van der Waals surface area contributed by atoms with Crippen molar-refractivity contribution in [1.29, 1.82) is 0 Å². The van der Waals surface area contributed by atoms with E-state index in [9.17, 15) is 9.90 Å². The highest BCUT2D eigenvalue weighted by Crippen LogP contribution is 2.29. The Labute approximate surface area is 132 Å². The van der Waals surface area contributed by atoms with Crippen molar-refractivity contribution in [3.05, 3.63) is 64.6 Å². The standard InChI is InChI=1S/C17H14N2O2S/c1-11-5-2-3-8-14(11)18-17-19-16(21)15(22-17)10-12-6-4-7-13(20)9-12/h2-10,20H,1H3,(H,18,19,21)/b15-10+. The number of carbonyl (C=O) groups is 1. The summed E-state index contributed by atoms with van der Waals surface area (Å²) in [6.07, 6.45) is 1.74. The molecule has 0 unspecified atom stereocenters. The first-order valence-electron chi connectivity index (χ1n) is 6.76. The van der Waals surface area contributed by atoms with Gasteiger partial charge in [0.1, 0.15) is 5.75 Å². The molecule has 0 radical (unpaired) electrons. The highest BCUT2D eigenvalue weighted by atomic mass is 32.2. The third-order valence-corrected chi connectivity index (χ3v) is 4.07. The largest absolute Gasteiger partial charge is 0.508 e. The van der Waals surface area contributed by atoms with Gasteiger partial charge in [0.25, 0.3) is 5.91 Å². The van der Waals surface area contributed by atoms with Gasteiger partial charge < -0.3 is 10.4 Å². The molecule has 2 aromatic rings.